The van der Waals surface area contributed by atoms with Gasteiger partial charge in [-0.2, -0.15) is 8.78 Å². The third-order valence-electron chi connectivity index (χ3n) is 4.61. The van der Waals surface area contributed by atoms with Gasteiger partial charge < -0.3 is 16.4 Å². The normalized spacial score (nSPS) is 14.8. The molecule has 3 atom stereocenters. The van der Waals surface area contributed by atoms with E-state index in [1.807, 2.05) is 5.32 Å². The number of ketones is 1. The summed E-state index contributed by atoms with van der Waals surface area (Å²) in [6.45, 7) is 6.96. The van der Waals surface area contributed by atoms with Gasteiger partial charge in [0.1, 0.15) is 6.04 Å². The van der Waals surface area contributed by atoms with E-state index in [4.69, 9.17) is 5.73 Å². The summed E-state index contributed by atoms with van der Waals surface area (Å²) in [6.07, 6.45) is 2.04. The number of halogens is 2. The number of carbonyl (C=O) groups excluding carboxylic acids is 3. The number of hydrogen-bond acceptors (Lipinski definition) is 5. The summed E-state index contributed by atoms with van der Waals surface area (Å²) in [5, 5.41) is 4.61. The van der Waals surface area contributed by atoms with Crippen LogP contribution in [-0.2, 0) is 20.9 Å². The molecule has 0 saturated carbocycles. The minimum atomic E-state index is -4.32. The number of Topliss-reactive ketones (excluding diaryl/α,β-unsaturated/α-hetero) is 1. The van der Waals surface area contributed by atoms with Gasteiger partial charge in [-0.15, -0.1) is 0 Å². The fraction of sp³-hybridized carbons (Fsp3) is 0.600. The average molecular weight is 412 g/mol. The maximum atomic E-state index is 14.4. The summed E-state index contributed by atoms with van der Waals surface area (Å²) in [5.74, 6) is -8.94. The second kappa shape index (κ2) is 10.9. The SMILES string of the molecule is CCC(C)[C@H](NC(=O)C(F)(F)C(=O)[C@@H](N)CC(C)C)C(=O)NCc1ccccn1. The number of rotatable bonds is 11. The number of carbonyl (C=O) groups is 3. The van der Waals surface area contributed by atoms with Gasteiger partial charge in [0.2, 0.25) is 11.7 Å². The Balaban J connectivity index is 2.86. The molecule has 162 valence electrons. The van der Waals surface area contributed by atoms with E-state index in [1.54, 1.807) is 52.1 Å². The van der Waals surface area contributed by atoms with E-state index < -0.39 is 41.5 Å². The van der Waals surface area contributed by atoms with Crippen LogP contribution in [-0.4, -0.2) is 40.6 Å². The molecule has 0 saturated heterocycles. The number of nitrogens with zero attached hydrogens (tertiary/aromatic N) is 1. The van der Waals surface area contributed by atoms with E-state index in [0.717, 1.165) is 0 Å². The molecule has 1 rings (SSSR count). The summed E-state index contributed by atoms with van der Waals surface area (Å²) in [4.78, 5) is 40.8. The Morgan fingerprint density at radius 2 is 1.86 bits per heavy atom. The van der Waals surface area contributed by atoms with Crippen molar-refractivity contribution in [1.82, 2.24) is 15.6 Å². The van der Waals surface area contributed by atoms with Gasteiger partial charge in [0.05, 0.1) is 18.3 Å². The van der Waals surface area contributed by atoms with Crippen LogP contribution in [0, 0.1) is 11.8 Å². The molecule has 29 heavy (non-hydrogen) atoms. The van der Waals surface area contributed by atoms with Crippen LogP contribution in [0.2, 0.25) is 0 Å². The van der Waals surface area contributed by atoms with E-state index in [1.165, 1.54) is 0 Å². The first kappa shape index (κ1) is 24.6. The molecule has 0 aliphatic heterocycles. The van der Waals surface area contributed by atoms with Crippen molar-refractivity contribution in [2.45, 2.75) is 65.1 Å². The van der Waals surface area contributed by atoms with Crippen molar-refractivity contribution >= 4 is 17.6 Å². The Hall–Kier alpha value is -2.42. The molecule has 0 bridgehead atoms. The van der Waals surface area contributed by atoms with Crippen molar-refractivity contribution < 1.29 is 23.2 Å². The lowest BCUT2D eigenvalue weighted by atomic mass is 9.95. The van der Waals surface area contributed by atoms with Crippen molar-refractivity contribution in [2.75, 3.05) is 0 Å². The Labute approximate surface area is 169 Å². The van der Waals surface area contributed by atoms with Gasteiger partial charge in [-0.1, -0.05) is 40.2 Å². The molecular formula is C20H30F2N4O3. The van der Waals surface area contributed by atoms with Gasteiger partial charge in [-0.05, 0) is 30.4 Å². The Bertz CT molecular complexity index is 698. The lowest BCUT2D eigenvalue weighted by molar-refractivity contribution is -0.160. The maximum Gasteiger partial charge on any atom is 0.383 e. The highest BCUT2D eigenvalue weighted by molar-refractivity contribution is 6.10. The van der Waals surface area contributed by atoms with Gasteiger partial charge in [-0.25, -0.2) is 0 Å². The summed E-state index contributed by atoms with van der Waals surface area (Å²) in [7, 11) is 0. The molecule has 7 nitrogen and oxygen atoms in total. The zero-order valence-corrected chi connectivity index (χ0v) is 17.2. The molecule has 0 aromatic carbocycles. The van der Waals surface area contributed by atoms with Crippen LogP contribution in [0.15, 0.2) is 24.4 Å². The highest BCUT2D eigenvalue weighted by atomic mass is 19.3. The van der Waals surface area contributed by atoms with Crippen molar-refractivity contribution in [1.29, 1.82) is 0 Å². The molecule has 0 aliphatic carbocycles. The zero-order chi connectivity index (χ0) is 22.2. The third kappa shape index (κ3) is 7.16. The Morgan fingerprint density at radius 3 is 2.38 bits per heavy atom. The number of aromatic nitrogens is 1. The molecule has 1 aromatic heterocycles. The molecule has 0 aliphatic rings. The van der Waals surface area contributed by atoms with Crippen molar-refractivity contribution in [3.8, 4) is 0 Å². The van der Waals surface area contributed by atoms with Crippen LogP contribution in [0.1, 0.15) is 46.2 Å². The molecule has 0 fully saturated rings. The fourth-order valence-corrected chi connectivity index (χ4v) is 2.68. The van der Waals surface area contributed by atoms with E-state index in [-0.39, 0.29) is 18.9 Å². The highest BCUT2D eigenvalue weighted by Gasteiger charge is 2.50. The van der Waals surface area contributed by atoms with Crippen LogP contribution in [0.4, 0.5) is 8.78 Å². The first-order valence-electron chi connectivity index (χ1n) is 9.66. The predicted molar refractivity (Wildman–Crippen MR) is 105 cm³/mol. The third-order valence-corrected chi connectivity index (χ3v) is 4.61. The molecule has 0 spiro atoms. The summed E-state index contributed by atoms with van der Waals surface area (Å²) in [6, 6.07) is 2.47. The Morgan fingerprint density at radius 1 is 1.21 bits per heavy atom. The maximum absolute atomic E-state index is 14.4. The standard InChI is InChI=1S/C20H30F2N4O3/c1-5-13(4)16(18(28)25-11-14-8-6-7-9-24-14)26-19(29)20(21,22)17(27)15(23)10-12(2)3/h6-9,12-13,15-16H,5,10-11,23H2,1-4H3,(H,25,28)(H,26,29)/t13?,15-,16-/m0/s1. The molecule has 4 N–H and O–H groups in total. The molecule has 2 amide bonds. The van der Waals surface area contributed by atoms with Crippen LogP contribution >= 0.6 is 0 Å². The topological polar surface area (TPSA) is 114 Å². The smallest absolute Gasteiger partial charge is 0.349 e. The minimum Gasteiger partial charge on any atom is -0.349 e. The second-order valence-electron chi connectivity index (χ2n) is 7.55. The number of nitrogens with one attached hydrogen (secondary N) is 2. The van der Waals surface area contributed by atoms with Crippen molar-refractivity contribution in [2.24, 2.45) is 17.6 Å². The molecular weight excluding hydrogens is 382 g/mol. The molecule has 0 radical (unpaired) electrons. The van der Waals surface area contributed by atoms with Crippen LogP contribution in [0.25, 0.3) is 0 Å². The number of amides is 2. The van der Waals surface area contributed by atoms with Crippen LogP contribution in [0.5, 0.6) is 0 Å². The molecule has 1 aromatic rings. The van der Waals surface area contributed by atoms with Gasteiger partial charge >= 0.3 is 5.92 Å². The van der Waals surface area contributed by atoms with Crippen LogP contribution in [0.3, 0.4) is 0 Å². The number of pyridine rings is 1. The van der Waals surface area contributed by atoms with E-state index in [0.29, 0.717) is 12.1 Å². The van der Waals surface area contributed by atoms with Crippen molar-refractivity contribution in [3.05, 3.63) is 30.1 Å². The lowest BCUT2D eigenvalue weighted by Gasteiger charge is -2.26. The predicted octanol–water partition coefficient (Wildman–Crippen LogP) is 1.81. The number of nitrogens with two attached hydrogens (primary N) is 1. The van der Waals surface area contributed by atoms with Gasteiger partial charge in [-0.3, -0.25) is 19.4 Å². The Kier molecular flexibility index (Phi) is 9.29. The largest absolute Gasteiger partial charge is 0.383 e. The molecule has 1 unspecified atom stereocenters. The first-order chi connectivity index (χ1) is 13.5. The second-order valence-corrected chi connectivity index (χ2v) is 7.55. The van der Waals surface area contributed by atoms with Crippen molar-refractivity contribution in [3.63, 3.8) is 0 Å². The average Bonchev–Trinajstić information content (AvgIpc) is 2.68. The minimum absolute atomic E-state index is 0.0288. The monoisotopic (exact) mass is 412 g/mol. The zero-order valence-electron chi connectivity index (χ0n) is 17.2. The van der Waals surface area contributed by atoms with Gasteiger partial charge in [0.25, 0.3) is 5.91 Å². The first-order valence-corrected chi connectivity index (χ1v) is 9.66. The van der Waals surface area contributed by atoms with E-state index in [2.05, 4.69) is 10.3 Å². The van der Waals surface area contributed by atoms with E-state index >= 15 is 0 Å². The molecule has 9 heteroatoms. The summed E-state index contributed by atoms with van der Waals surface area (Å²) >= 11 is 0. The lowest BCUT2D eigenvalue weighted by Crippen LogP contribution is -2.58. The summed E-state index contributed by atoms with van der Waals surface area (Å²) < 4.78 is 28.7. The molecule has 1 heterocycles. The van der Waals surface area contributed by atoms with Crippen LogP contribution < -0.4 is 16.4 Å². The highest BCUT2D eigenvalue weighted by Crippen LogP contribution is 2.21. The fourth-order valence-electron chi connectivity index (χ4n) is 2.68. The van der Waals surface area contributed by atoms with Gasteiger partial charge in [0.15, 0.2) is 0 Å². The summed E-state index contributed by atoms with van der Waals surface area (Å²) in [5.41, 5.74) is 6.11. The van der Waals surface area contributed by atoms with E-state index in [9.17, 15) is 23.2 Å². The van der Waals surface area contributed by atoms with Gasteiger partial charge in [0, 0.05) is 6.20 Å². The quantitative estimate of drug-likeness (QED) is 0.480. The number of alkyl halides is 2. The number of hydrogen-bond donors (Lipinski definition) is 3.